The van der Waals surface area contributed by atoms with Crippen LogP contribution < -0.4 is 0 Å². The molecule has 1 saturated carbocycles. The van der Waals surface area contributed by atoms with Crippen LogP contribution in [0, 0.1) is 5.92 Å². The number of rotatable bonds is 4. The monoisotopic (exact) mass is 218 g/mol. The highest BCUT2D eigenvalue weighted by molar-refractivity contribution is 7.57. The van der Waals surface area contributed by atoms with Crippen LogP contribution in [0.3, 0.4) is 0 Å². The van der Waals surface area contributed by atoms with Crippen LogP contribution in [0.2, 0.25) is 5.82 Å². The van der Waals surface area contributed by atoms with Gasteiger partial charge >= 0.3 is 0 Å². The van der Waals surface area contributed by atoms with Crippen molar-refractivity contribution in [2.75, 3.05) is 20.1 Å². The van der Waals surface area contributed by atoms with Crippen LogP contribution in [0.1, 0.15) is 19.8 Å². The van der Waals surface area contributed by atoms with Gasteiger partial charge in [0.05, 0.1) is 6.10 Å². The second kappa shape index (κ2) is 4.83. The average Bonchev–Trinajstić information content (AvgIpc) is 2.42. The van der Waals surface area contributed by atoms with Crippen LogP contribution in [0.15, 0.2) is 0 Å². The fourth-order valence-corrected chi connectivity index (χ4v) is 2.60. The third-order valence-corrected chi connectivity index (χ3v) is 4.34. The number of hydrogen-bond donors (Lipinski definition) is 0. The topological polar surface area (TPSA) is 35.5 Å². The van der Waals surface area contributed by atoms with E-state index in [-0.39, 0.29) is 12.5 Å². The maximum atomic E-state index is 11.6. The lowest BCUT2D eigenvalue weighted by Gasteiger charge is -2.19. The Morgan fingerprint density at radius 1 is 1.50 bits per heavy atom. The molecular weight excluding hydrogens is 198 g/mol. The summed E-state index contributed by atoms with van der Waals surface area (Å²) in [6.45, 7) is 3.82. The van der Waals surface area contributed by atoms with E-state index in [0.717, 1.165) is 12.2 Å². The first-order chi connectivity index (χ1) is 6.44. The Labute approximate surface area is 87.4 Å². The second-order valence-corrected chi connectivity index (χ2v) is 7.24. The summed E-state index contributed by atoms with van der Waals surface area (Å²) in [6, 6.07) is 0. The quantitative estimate of drug-likeness (QED) is 0.532. The van der Waals surface area contributed by atoms with Crippen molar-refractivity contribution >= 4 is 15.2 Å². The van der Waals surface area contributed by atoms with Gasteiger partial charge in [-0.25, -0.2) is 0 Å². The molecule has 5 heteroatoms. The Kier molecular flexibility index (Phi) is 4.23. The van der Waals surface area contributed by atoms with E-state index in [4.69, 9.17) is 9.26 Å². The van der Waals surface area contributed by atoms with Gasteiger partial charge in [-0.3, -0.25) is 4.57 Å². The lowest BCUT2D eigenvalue weighted by atomic mass is 9.86. The summed E-state index contributed by atoms with van der Waals surface area (Å²) in [5, 5.41) is 0. The van der Waals surface area contributed by atoms with Gasteiger partial charge in [0.1, 0.15) is 14.2 Å². The van der Waals surface area contributed by atoms with Crippen molar-refractivity contribution in [3.8, 4) is 0 Å². The van der Waals surface area contributed by atoms with E-state index >= 15 is 0 Å². The van der Waals surface area contributed by atoms with Crippen LogP contribution in [0.4, 0.5) is 0 Å². The highest BCUT2D eigenvalue weighted by Crippen LogP contribution is 2.43. The summed E-state index contributed by atoms with van der Waals surface area (Å²) >= 11 is 0. The van der Waals surface area contributed by atoms with Gasteiger partial charge in [0, 0.05) is 13.8 Å². The van der Waals surface area contributed by atoms with E-state index in [1.54, 1.807) is 6.66 Å². The third-order valence-electron chi connectivity index (χ3n) is 2.95. The molecule has 4 atom stereocenters. The summed E-state index contributed by atoms with van der Waals surface area (Å²) in [7, 11) is 1.22. The third kappa shape index (κ3) is 3.41. The first-order valence-corrected chi connectivity index (χ1v) is 7.44. The molecule has 0 bridgehead atoms. The Balaban J connectivity index is 2.35. The zero-order valence-electron chi connectivity index (χ0n) is 9.53. The normalized spacial score (nSPS) is 36.9. The maximum Gasteiger partial charge on any atom is 0.224 e. The molecule has 1 aliphatic carbocycles. The van der Waals surface area contributed by atoms with Gasteiger partial charge in [-0.15, -0.1) is 0 Å². The molecule has 1 fully saturated rings. The van der Waals surface area contributed by atoms with Crippen molar-refractivity contribution < 1.29 is 13.8 Å². The van der Waals surface area contributed by atoms with E-state index in [9.17, 15) is 4.57 Å². The van der Waals surface area contributed by atoms with E-state index in [0.29, 0.717) is 5.92 Å². The Hall–Kier alpha value is 0.215. The van der Waals surface area contributed by atoms with Gasteiger partial charge in [-0.2, -0.15) is 0 Å². The fraction of sp³-hybridized carbons (Fsp3) is 1.00. The first kappa shape index (κ1) is 12.3. The molecular formula is C9H20BO3P. The van der Waals surface area contributed by atoms with E-state index in [2.05, 4.69) is 14.8 Å². The van der Waals surface area contributed by atoms with Crippen molar-refractivity contribution in [2.24, 2.45) is 5.92 Å². The molecule has 14 heavy (non-hydrogen) atoms. The lowest BCUT2D eigenvalue weighted by Crippen LogP contribution is -2.16. The maximum absolute atomic E-state index is 11.6. The molecule has 0 amide bonds. The van der Waals surface area contributed by atoms with Crippen LogP contribution in [-0.4, -0.2) is 34.1 Å². The van der Waals surface area contributed by atoms with E-state index in [1.807, 2.05) is 0 Å². The van der Waals surface area contributed by atoms with Crippen molar-refractivity contribution in [1.29, 1.82) is 0 Å². The zero-order valence-corrected chi connectivity index (χ0v) is 10.4. The average molecular weight is 218 g/mol. The molecule has 0 heterocycles. The number of hydrogen-bond acceptors (Lipinski definition) is 3. The molecule has 1 aliphatic rings. The predicted molar refractivity (Wildman–Crippen MR) is 61.0 cm³/mol. The molecule has 0 N–H and O–H groups in total. The first-order valence-electron chi connectivity index (χ1n) is 5.18. The van der Waals surface area contributed by atoms with Crippen LogP contribution in [0.25, 0.3) is 0 Å². The molecule has 0 aromatic heterocycles. The summed E-state index contributed by atoms with van der Waals surface area (Å²) in [6.07, 6.45) is 2.83. The largest absolute Gasteiger partial charge is 0.368 e. The Bertz CT molecular complexity index is 234. The summed E-state index contributed by atoms with van der Waals surface area (Å²) in [5.41, 5.74) is 0. The predicted octanol–water partition coefficient (Wildman–Crippen LogP) is 1.73. The van der Waals surface area contributed by atoms with Crippen LogP contribution in [-0.2, 0) is 13.8 Å². The van der Waals surface area contributed by atoms with Crippen molar-refractivity contribution in [3.05, 3.63) is 0 Å². The second-order valence-electron chi connectivity index (χ2n) is 4.58. The molecule has 3 nitrogen and oxygen atoms in total. The summed E-state index contributed by atoms with van der Waals surface area (Å²) in [5.74, 6) is 1.32. The van der Waals surface area contributed by atoms with Gasteiger partial charge in [0.2, 0.25) is 7.37 Å². The molecule has 0 aromatic rings. The van der Waals surface area contributed by atoms with Crippen molar-refractivity contribution in [1.82, 2.24) is 0 Å². The molecule has 0 aromatic carbocycles. The minimum atomic E-state index is -2.49. The van der Waals surface area contributed by atoms with Gasteiger partial charge in [-0.05, 0) is 12.3 Å². The minimum absolute atomic E-state index is 0.255. The highest BCUT2D eigenvalue weighted by Gasteiger charge is 2.30. The Morgan fingerprint density at radius 3 is 2.57 bits per heavy atom. The molecule has 4 unspecified atom stereocenters. The summed E-state index contributed by atoms with van der Waals surface area (Å²) < 4.78 is 22.1. The van der Waals surface area contributed by atoms with Gasteiger partial charge < -0.3 is 9.26 Å². The number of ether oxygens (including phenoxy) is 1. The summed E-state index contributed by atoms with van der Waals surface area (Å²) in [4.78, 5) is 0. The van der Waals surface area contributed by atoms with Crippen LogP contribution >= 0.6 is 7.37 Å². The molecule has 0 radical (unpaired) electrons. The van der Waals surface area contributed by atoms with Gasteiger partial charge in [-0.1, -0.05) is 19.2 Å². The standard InChI is InChI=1S/C9H20BO3P/c1-7-4-8(10)5-9(7)13-6-14(3,11)12-2/h7-9H,4-6,10H2,1-3H3. The highest BCUT2D eigenvalue weighted by atomic mass is 31.2. The molecule has 0 spiro atoms. The molecule has 82 valence electrons. The minimum Gasteiger partial charge on any atom is -0.368 e. The van der Waals surface area contributed by atoms with E-state index in [1.165, 1.54) is 13.5 Å². The van der Waals surface area contributed by atoms with E-state index < -0.39 is 7.37 Å². The molecule has 0 aliphatic heterocycles. The lowest BCUT2D eigenvalue weighted by molar-refractivity contribution is 0.0576. The molecule has 1 rings (SSSR count). The van der Waals surface area contributed by atoms with Gasteiger partial charge in [0.25, 0.3) is 0 Å². The Morgan fingerprint density at radius 2 is 2.14 bits per heavy atom. The molecule has 0 saturated heterocycles. The fourth-order valence-electron chi connectivity index (χ4n) is 2.03. The smallest absolute Gasteiger partial charge is 0.224 e. The SMILES string of the molecule is BC1CC(C)C(OCP(C)(=O)OC)C1. The van der Waals surface area contributed by atoms with Gasteiger partial charge in [0.15, 0.2) is 0 Å². The zero-order chi connectivity index (χ0) is 10.8. The van der Waals surface area contributed by atoms with Crippen molar-refractivity contribution in [3.63, 3.8) is 0 Å². The van der Waals surface area contributed by atoms with Crippen molar-refractivity contribution in [2.45, 2.75) is 31.7 Å². The van der Waals surface area contributed by atoms with Crippen LogP contribution in [0.5, 0.6) is 0 Å².